The van der Waals surface area contributed by atoms with Crippen molar-refractivity contribution >= 4 is 24.9 Å². The molecule has 1 aliphatic rings. The minimum absolute atomic E-state index is 0.596. The van der Waals surface area contributed by atoms with Gasteiger partial charge in [-0.3, -0.25) is 0 Å². The lowest BCUT2D eigenvalue weighted by Gasteiger charge is -2.30. The molecule has 1 aliphatic heterocycles. The largest absolute Gasteiger partial charge is 0.488 e. The van der Waals surface area contributed by atoms with Crippen molar-refractivity contribution < 1.29 is 4.74 Å². The molecule has 0 aliphatic carbocycles. The Labute approximate surface area is 170 Å². The SMILES string of the molecule is Cc1cccc(Pc2ccccc2N2CCCCC2)c1OCc1ccccc1. The van der Waals surface area contributed by atoms with Gasteiger partial charge in [0.15, 0.2) is 0 Å². The van der Waals surface area contributed by atoms with Gasteiger partial charge >= 0.3 is 0 Å². The van der Waals surface area contributed by atoms with Crippen LogP contribution in [0.2, 0.25) is 0 Å². The van der Waals surface area contributed by atoms with Gasteiger partial charge in [0.1, 0.15) is 12.4 Å². The van der Waals surface area contributed by atoms with Crippen LogP contribution in [-0.4, -0.2) is 13.1 Å². The fraction of sp³-hybridized carbons (Fsp3) is 0.280. The van der Waals surface area contributed by atoms with Gasteiger partial charge in [0, 0.05) is 29.4 Å². The molecule has 3 heteroatoms. The third-order valence-corrected chi connectivity index (χ3v) is 6.66. The van der Waals surface area contributed by atoms with Gasteiger partial charge < -0.3 is 9.64 Å². The van der Waals surface area contributed by atoms with E-state index in [1.165, 1.54) is 59.8 Å². The molecule has 0 radical (unpaired) electrons. The fourth-order valence-corrected chi connectivity index (χ4v) is 5.21. The summed E-state index contributed by atoms with van der Waals surface area (Å²) in [5.41, 5.74) is 3.81. The molecule has 144 valence electrons. The van der Waals surface area contributed by atoms with Crippen LogP contribution in [0.15, 0.2) is 72.8 Å². The molecule has 3 aromatic carbocycles. The van der Waals surface area contributed by atoms with Crippen molar-refractivity contribution in [3.63, 3.8) is 0 Å². The maximum Gasteiger partial charge on any atom is 0.130 e. The zero-order valence-corrected chi connectivity index (χ0v) is 17.5. The van der Waals surface area contributed by atoms with Gasteiger partial charge in [-0.1, -0.05) is 75.3 Å². The van der Waals surface area contributed by atoms with E-state index < -0.39 is 0 Å². The number of ether oxygens (including phenoxy) is 1. The van der Waals surface area contributed by atoms with Crippen molar-refractivity contribution in [2.24, 2.45) is 0 Å². The second kappa shape index (κ2) is 9.26. The number of para-hydroxylation sites is 2. The monoisotopic (exact) mass is 389 g/mol. The summed E-state index contributed by atoms with van der Waals surface area (Å²) < 4.78 is 6.30. The third-order valence-electron chi connectivity index (χ3n) is 5.31. The van der Waals surface area contributed by atoms with Crippen LogP contribution in [0, 0.1) is 6.92 Å². The highest BCUT2D eigenvalue weighted by Gasteiger charge is 2.16. The van der Waals surface area contributed by atoms with E-state index >= 15 is 0 Å². The molecular formula is C25H28NOP. The topological polar surface area (TPSA) is 12.5 Å². The molecule has 0 N–H and O–H groups in total. The van der Waals surface area contributed by atoms with Crippen LogP contribution in [0.25, 0.3) is 0 Å². The molecule has 4 rings (SSSR count). The van der Waals surface area contributed by atoms with E-state index in [2.05, 4.69) is 78.6 Å². The third kappa shape index (κ3) is 4.56. The van der Waals surface area contributed by atoms with Crippen LogP contribution in [0.4, 0.5) is 5.69 Å². The number of hydrogen-bond acceptors (Lipinski definition) is 2. The number of anilines is 1. The number of hydrogen-bond donors (Lipinski definition) is 0. The lowest BCUT2D eigenvalue weighted by molar-refractivity contribution is 0.307. The molecule has 1 unspecified atom stereocenters. The van der Waals surface area contributed by atoms with E-state index in [9.17, 15) is 0 Å². The fourth-order valence-electron chi connectivity index (χ4n) is 3.81. The average Bonchev–Trinajstić information content (AvgIpc) is 2.75. The predicted octanol–water partition coefficient (Wildman–Crippen LogP) is 5.19. The minimum atomic E-state index is 0.596. The van der Waals surface area contributed by atoms with Gasteiger partial charge in [-0.05, 0) is 43.4 Å². The molecule has 1 heterocycles. The van der Waals surface area contributed by atoms with Crippen LogP contribution >= 0.6 is 8.58 Å². The number of piperidine rings is 1. The Morgan fingerprint density at radius 1 is 0.786 bits per heavy atom. The van der Waals surface area contributed by atoms with Crippen molar-refractivity contribution in [2.45, 2.75) is 32.8 Å². The molecule has 1 fully saturated rings. The molecule has 1 atom stereocenters. The summed E-state index contributed by atoms with van der Waals surface area (Å²) in [6.07, 6.45) is 3.96. The zero-order valence-electron chi connectivity index (χ0n) is 16.5. The summed E-state index contributed by atoms with van der Waals surface area (Å²) in [7, 11) is 0.596. The van der Waals surface area contributed by atoms with Gasteiger partial charge in [0.2, 0.25) is 0 Å². The molecule has 2 nitrogen and oxygen atoms in total. The summed E-state index contributed by atoms with van der Waals surface area (Å²) in [5, 5.41) is 2.71. The Kier molecular flexibility index (Phi) is 6.29. The molecule has 0 aromatic heterocycles. The van der Waals surface area contributed by atoms with E-state index in [0.717, 1.165) is 5.75 Å². The molecule has 0 saturated carbocycles. The second-order valence-corrected chi connectivity index (χ2v) is 8.74. The Bertz CT molecular complexity index is 903. The van der Waals surface area contributed by atoms with Gasteiger partial charge in [-0.25, -0.2) is 0 Å². The van der Waals surface area contributed by atoms with Gasteiger partial charge in [0.05, 0.1) is 0 Å². The normalized spacial score (nSPS) is 14.5. The molecule has 0 bridgehead atoms. The van der Waals surface area contributed by atoms with E-state index in [-0.39, 0.29) is 0 Å². The molecular weight excluding hydrogens is 361 g/mol. The van der Waals surface area contributed by atoms with Gasteiger partial charge in [-0.15, -0.1) is 0 Å². The Morgan fingerprint density at radius 3 is 2.32 bits per heavy atom. The highest BCUT2D eigenvalue weighted by atomic mass is 31.1. The van der Waals surface area contributed by atoms with Crippen molar-refractivity contribution in [2.75, 3.05) is 18.0 Å². The molecule has 3 aromatic rings. The van der Waals surface area contributed by atoms with Crippen LogP contribution in [-0.2, 0) is 6.61 Å². The lowest BCUT2D eigenvalue weighted by Crippen LogP contribution is -2.32. The second-order valence-electron chi connectivity index (χ2n) is 7.42. The number of nitrogens with zero attached hydrogens (tertiary/aromatic N) is 1. The molecule has 0 spiro atoms. The van der Waals surface area contributed by atoms with Crippen molar-refractivity contribution in [1.82, 2.24) is 0 Å². The van der Waals surface area contributed by atoms with Crippen LogP contribution in [0.1, 0.15) is 30.4 Å². The van der Waals surface area contributed by atoms with E-state index in [0.29, 0.717) is 15.2 Å². The number of benzene rings is 3. The Balaban J connectivity index is 1.58. The molecule has 1 saturated heterocycles. The summed E-state index contributed by atoms with van der Waals surface area (Å²) >= 11 is 0. The van der Waals surface area contributed by atoms with Crippen LogP contribution in [0.5, 0.6) is 5.75 Å². The molecule has 0 amide bonds. The van der Waals surface area contributed by atoms with Gasteiger partial charge in [0.25, 0.3) is 0 Å². The van der Waals surface area contributed by atoms with E-state index in [4.69, 9.17) is 4.74 Å². The quantitative estimate of drug-likeness (QED) is 0.538. The molecule has 28 heavy (non-hydrogen) atoms. The predicted molar refractivity (Wildman–Crippen MR) is 122 cm³/mol. The first-order valence-corrected chi connectivity index (χ1v) is 11.2. The van der Waals surface area contributed by atoms with Crippen LogP contribution in [0.3, 0.4) is 0 Å². The van der Waals surface area contributed by atoms with E-state index in [1.807, 2.05) is 6.07 Å². The summed E-state index contributed by atoms with van der Waals surface area (Å²) in [6.45, 7) is 5.10. The summed E-state index contributed by atoms with van der Waals surface area (Å²) in [4.78, 5) is 2.56. The highest BCUT2D eigenvalue weighted by molar-refractivity contribution is 7.56. The highest BCUT2D eigenvalue weighted by Crippen LogP contribution is 2.28. The van der Waals surface area contributed by atoms with Crippen molar-refractivity contribution in [3.05, 3.63) is 83.9 Å². The van der Waals surface area contributed by atoms with Crippen molar-refractivity contribution in [1.29, 1.82) is 0 Å². The smallest absolute Gasteiger partial charge is 0.130 e. The first kappa shape index (κ1) is 19.0. The van der Waals surface area contributed by atoms with Crippen molar-refractivity contribution in [3.8, 4) is 5.75 Å². The standard InChI is InChI=1S/C25H28NOP/c1-20-11-10-16-24(25(20)27-19-21-12-4-2-5-13-21)28-23-15-7-6-14-22(23)26-17-8-3-9-18-26/h2,4-7,10-16,28H,3,8-9,17-19H2,1H3. The first-order chi connectivity index (χ1) is 13.8. The summed E-state index contributed by atoms with van der Waals surface area (Å²) in [6, 6.07) is 25.8. The Morgan fingerprint density at radius 2 is 1.50 bits per heavy atom. The van der Waals surface area contributed by atoms with E-state index in [1.54, 1.807) is 0 Å². The number of rotatable bonds is 6. The average molecular weight is 389 g/mol. The van der Waals surface area contributed by atoms with Gasteiger partial charge in [-0.2, -0.15) is 0 Å². The maximum atomic E-state index is 6.30. The zero-order chi connectivity index (χ0) is 19.2. The maximum absolute atomic E-state index is 6.30. The lowest BCUT2D eigenvalue weighted by atomic mass is 10.1. The first-order valence-electron chi connectivity index (χ1n) is 10.2. The summed E-state index contributed by atoms with van der Waals surface area (Å²) in [5.74, 6) is 1.04. The van der Waals surface area contributed by atoms with Crippen LogP contribution < -0.4 is 20.2 Å². The minimum Gasteiger partial charge on any atom is -0.488 e. The Hall–Kier alpha value is -2.31. The number of aryl methyl sites for hydroxylation is 1.